The van der Waals surface area contributed by atoms with Crippen LogP contribution in [0.3, 0.4) is 0 Å². The molecule has 0 spiro atoms. The summed E-state index contributed by atoms with van der Waals surface area (Å²) < 4.78 is 2.67. The average Bonchev–Trinajstić information content (AvgIpc) is 2.22. The van der Waals surface area contributed by atoms with Crippen LogP contribution in [0, 0.1) is 0 Å². The predicted molar refractivity (Wildman–Crippen MR) is 57.0 cm³/mol. The number of rotatable bonds is 5. The molecule has 1 aromatic heterocycles. The number of aryl methyl sites for hydroxylation is 1. The second kappa shape index (κ2) is 5.50. The quantitative estimate of drug-likeness (QED) is 0.735. The monoisotopic (exact) mass is 212 g/mol. The lowest BCUT2D eigenvalue weighted by Crippen LogP contribution is -2.39. The maximum Gasteiger partial charge on any atom is 0.330 e. The molecule has 0 radical (unpaired) electrons. The maximum absolute atomic E-state index is 11.7. The van der Waals surface area contributed by atoms with Crippen LogP contribution in [-0.2, 0) is 13.1 Å². The van der Waals surface area contributed by atoms with Crippen molar-refractivity contribution < 1.29 is 5.11 Å². The first-order chi connectivity index (χ1) is 7.20. The summed E-state index contributed by atoms with van der Waals surface area (Å²) in [5, 5.41) is 8.66. The third-order valence-corrected chi connectivity index (χ3v) is 2.14. The van der Waals surface area contributed by atoms with Crippen LogP contribution in [0.15, 0.2) is 21.9 Å². The van der Waals surface area contributed by atoms with E-state index in [0.717, 1.165) is 11.0 Å². The van der Waals surface area contributed by atoms with Gasteiger partial charge in [-0.15, -0.1) is 0 Å². The van der Waals surface area contributed by atoms with Gasteiger partial charge in [0.15, 0.2) is 0 Å². The van der Waals surface area contributed by atoms with Gasteiger partial charge in [-0.25, -0.2) is 4.79 Å². The van der Waals surface area contributed by atoms with Crippen molar-refractivity contribution in [3.8, 4) is 0 Å². The zero-order valence-electron chi connectivity index (χ0n) is 8.85. The Morgan fingerprint density at radius 2 is 2.07 bits per heavy atom. The van der Waals surface area contributed by atoms with Crippen molar-refractivity contribution in [2.24, 2.45) is 0 Å². The molecule has 1 N–H and O–H groups in total. The zero-order valence-corrected chi connectivity index (χ0v) is 8.85. The molecule has 0 saturated heterocycles. The summed E-state index contributed by atoms with van der Waals surface area (Å²) in [7, 11) is 0. The molecule has 0 aliphatic carbocycles. The molecular weight excluding hydrogens is 196 g/mol. The van der Waals surface area contributed by atoms with Crippen LogP contribution in [0.25, 0.3) is 0 Å². The van der Waals surface area contributed by atoms with E-state index >= 15 is 0 Å². The highest BCUT2D eigenvalue weighted by Crippen LogP contribution is 1.85. The summed E-state index contributed by atoms with van der Waals surface area (Å²) in [5.74, 6) is 0. The van der Waals surface area contributed by atoms with Gasteiger partial charge in [0, 0.05) is 32.0 Å². The fourth-order valence-electron chi connectivity index (χ4n) is 1.40. The Kier molecular flexibility index (Phi) is 4.30. The highest BCUT2D eigenvalue weighted by molar-refractivity contribution is 4.86. The molecule has 5 heteroatoms. The third kappa shape index (κ3) is 2.79. The second-order valence-electron chi connectivity index (χ2n) is 3.36. The largest absolute Gasteiger partial charge is 0.396 e. The molecule has 84 valence electrons. The maximum atomic E-state index is 11.7. The van der Waals surface area contributed by atoms with Crippen molar-refractivity contribution in [1.29, 1.82) is 0 Å². The molecule has 1 heterocycles. The lowest BCUT2D eigenvalue weighted by Gasteiger charge is -2.07. The first kappa shape index (κ1) is 11.7. The van der Waals surface area contributed by atoms with E-state index in [-0.39, 0.29) is 24.4 Å². The van der Waals surface area contributed by atoms with Crippen molar-refractivity contribution in [1.82, 2.24) is 9.13 Å². The van der Waals surface area contributed by atoms with Crippen molar-refractivity contribution >= 4 is 0 Å². The molecule has 0 aromatic carbocycles. The summed E-state index contributed by atoms with van der Waals surface area (Å²) >= 11 is 0. The Morgan fingerprint density at radius 3 is 2.67 bits per heavy atom. The van der Waals surface area contributed by atoms with Crippen molar-refractivity contribution in [2.45, 2.75) is 32.9 Å². The fraction of sp³-hybridized carbons (Fsp3) is 0.600. The van der Waals surface area contributed by atoms with Crippen LogP contribution < -0.4 is 11.2 Å². The van der Waals surface area contributed by atoms with Crippen LogP contribution in [0.5, 0.6) is 0 Å². The van der Waals surface area contributed by atoms with E-state index in [9.17, 15) is 9.59 Å². The van der Waals surface area contributed by atoms with Crippen LogP contribution in [-0.4, -0.2) is 20.8 Å². The van der Waals surface area contributed by atoms with Gasteiger partial charge in [-0.05, 0) is 12.8 Å². The normalized spacial score (nSPS) is 10.5. The summed E-state index contributed by atoms with van der Waals surface area (Å²) in [4.78, 5) is 23.1. The smallest absolute Gasteiger partial charge is 0.330 e. The highest BCUT2D eigenvalue weighted by Gasteiger charge is 2.03. The number of hydrogen-bond donors (Lipinski definition) is 1. The Bertz CT molecular complexity index is 419. The van der Waals surface area contributed by atoms with Crippen LogP contribution in [0.2, 0.25) is 0 Å². The van der Waals surface area contributed by atoms with Gasteiger partial charge in [0.2, 0.25) is 0 Å². The van der Waals surface area contributed by atoms with Gasteiger partial charge in [0.1, 0.15) is 0 Å². The summed E-state index contributed by atoms with van der Waals surface area (Å²) in [5.41, 5.74) is -0.599. The molecule has 0 unspecified atom stereocenters. The van der Waals surface area contributed by atoms with Crippen molar-refractivity contribution in [3.63, 3.8) is 0 Å². The first-order valence-corrected chi connectivity index (χ1v) is 5.12. The molecule has 0 atom stereocenters. The molecule has 0 aliphatic rings. The van der Waals surface area contributed by atoms with E-state index in [1.165, 1.54) is 16.8 Å². The topological polar surface area (TPSA) is 64.2 Å². The van der Waals surface area contributed by atoms with Crippen LogP contribution in [0.4, 0.5) is 0 Å². The third-order valence-electron chi connectivity index (χ3n) is 2.14. The van der Waals surface area contributed by atoms with Crippen molar-refractivity contribution in [2.75, 3.05) is 6.61 Å². The predicted octanol–water partition coefficient (Wildman–Crippen LogP) is -0.198. The molecule has 0 bridgehead atoms. The lowest BCUT2D eigenvalue weighted by atomic mass is 10.4. The van der Waals surface area contributed by atoms with Crippen molar-refractivity contribution in [3.05, 3.63) is 33.1 Å². The highest BCUT2D eigenvalue weighted by atomic mass is 16.3. The molecule has 0 fully saturated rings. The van der Waals surface area contributed by atoms with E-state index < -0.39 is 0 Å². The van der Waals surface area contributed by atoms with Gasteiger partial charge < -0.3 is 9.67 Å². The summed E-state index contributed by atoms with van der Waals surface area (Å²) in [6, 6.07) is 1.38. The minimum absolute atomic E-state index is 0.0193. The molecule has 5 nitrogen and oxygen atoms in total. The second-order valence-corrected chi connectivity index (χ2v) is 3.36. The Labute approximate surface area is 87.6 Å². The first-order valence-electron chi connectivity index (χ1n) is 5.12. The van der Waals surface area contributed by atoms with Gasteiger partial charge in [-0.3, -0.25) is 9.36 Å². The molecule has 1 rings (SSSR count). The van der Waals surface area contributed by atoms with Gasteiger partial charge >= 0.3 is 5.69 Å². The van der Waals surface area contributed by atoms with E-state index in [1.807, 2.05) is 6.92 Å². The molecule has 15 heavy (non-hydrogen) atoms. The van der Waals surface area contributed by atoms with Gasteiger partial charge in [-0.1, -0.05) is 6.92 Å². The van der Waals surface area contributed by atoms with E-state index in [2.05, 4.69) is 0 Å². The minimum Gasteiger partial charge on any atom is -0.396 e. The average molecular weight is 212 g/mol. The molecule has 0 amide bonds. The molecule has 0 aliphatic heterocycles. The standard InChI is InChI=1S/C10H16N2O3/c1-2-5-11-7-4-9(14)12(10(11)15)6-3-8-13/h4,7,13H,2-3,5-6,8H2,1H3. The van der Waals surface area contributed by atoms with E-state index in [0.29, 0.717) is 13.0 Å². The molecular formula is C10H16N2O3. The number of aliphatic hydroxyl groups is 1. The number of aliphatic hydroxyl groups excluding tert-OH is 1. The lowest BCUT2D eigenvalue weighted by molar-refractivity contribution is 0.277. The Morgan fingerprint density at radius 1 is 1.33 bits per heavy atom. The number of nitrogens with zero attached hydrogens (tertiary/aromatic N) is 2. The van der Waals surface area contributed by atoms with Crippen LogP contribution in [0.1, 0.15) is 19.8 Å². The Hall–Kier alpha value is -1.36. The molecule has 1 aromatic rings. The van der Waals surface area contributed by atoms with E-state index in [4.69, 9.17) is 5.11 Å². The SMILES string of the molecule is CCCn1ccc(=O)n(CCCO)c1=O. The molecule has 0 saturated carbocycles. The van der Waals surface area contributed by atoms with Crippen LogP contribution >= 0.6 is 0 Å². The number of aromatic nitrogens is 2. The summed E-state index contributed by atoms with van der Waals surface area (Å²) in [6.45, 7) is 2.83. The zero-order chi connectivity index (χ0) is 11.3. The number of hydrogen-bond acceptors (Lipinski definition) is 3. The van der Waals surface area contributed by atoms with Gasteiger partial charge in [0.05, 0.1) is 0 Å². The van der Waals surface area contributed by atoms with Gasteiger partial charge in [-0.2, -0.15) is 0 Å². The van der Waals surface area contributed by atoms with Gasteiger partial charge in [0.25, 0.3) is 5.56 Å². The Balaban J connectivity index is 3.07. The van der Waals surface area contributed by atoms with E-state index in [1.54, 1.807) is 0 Å². The minimum atomic E-state index is -0.305. The fourth-order valence-corrected chi connectivity index (χ4v) is 1.40. The summed E-state index contributed by atoms with van der Waals surface area (Å²) in [6.07, 6.45) is 2.78.